The SMILES string of the molecule is Cc1cccn(-c2ccc(C3=CC(CNC(=O)c4ccc(Cl)s4)ON3)cc2)c1=O. The van der Waals surface area contributed by atoms with E-state index in [2.05, 4.69) is 10.8 Å². The molecule has 0 spiro atoms. The second-order valence-electron chi connectivity index (χ2n) is 6.57. The molecule has 1 atom stereocenters. The van der Waals surface area contributed by atoms with Gasteiger partial charge < -0.3 is 5.32 Å². The normalized spacial score (nSPS) is 15.7. The highest BCUT2D eigenvalue weighted by atomic mass is 35.5. The minimum absolute atomic E-state index is 0.0374. The number of hydrogen-bond donors (Lipinski definition) is 2. The van der Waals surface area contributed by atoms with Crippen molar-refractivity contribution in [3.05, 3.63) is 91.5 Å². The lowest BCUT2D eigenvalue weighted by molar-refractivity contribution is 0.0499. The summed E-state index contributed by atoms with van der Waals surface area (Å²) in [6.07, 6.45) is 3.37. The first kappa shape index (κ1) is 19.4. The molecule has 0 bridgehead atoms. The highest BCUT2D eigenvalue weighted by Crippen LogP contribution is 2.22. The average Bonchev–Trinajstić information content (AvgIpc) is 3.38. The molecule has 1 unspecified atom stereocenters. The van der Waals surface area contributed by atoms with Gasteiger partial charge in [-0.15, -0.1) is 11.3 Å². The van der Waals surface area contributed by atoms with Gasteiger partial charge in [0.2, 0.25) is 0 Å². The minimum atomic E-state index is -0.288. The van der Waals surface area contributed by atoms with Crippen molar-refractivity contribution in [2.75, 3.05) is 6.54 Å². The number of carbonyl (C=O) groups is 1. The number of nitrogens with zero attached hydrogens (tertiary/aromatic N) is 1. The molecule has 0 saturated heterocycles. The molecule has 2 N–H and O–H groups in total. The number of benzene rings is 1. The van der Waals surface area contributed by atoms with Gasteiger partial charge in [-0.3, -0.25) is 24.5 Å². The Hall–Kier alpha value is -2.87. The lowest BCUT2D eigenvalue weighted by Crippen LogP contribution is -2.31. The van der Waals surface area contributed by atoms with Gasteiger partial charge in [-0.05, 0) is 48.9 Å². The highest BCUT2D eigenvalue weighted by Gasteiger charge is 2.19. The van der Waals surface area contributed by atoms with Crippen LogP contribution >= 0.6 is 22.9 Å². The summed E-state index contributed by atoms with van der Waals surface area (Å²) in [5.74, 6) is -0.180. The van der Waals surface area contributed by atoms with Crippen molar-refractivity contribution in [1.29, 1.82) is 0 Å². The van der Waals surface area contributed by atoms with E-state index in [9.17, 15) is 9.59 Å². The van der Waals surface area contributed by atoms with Crippen LogP contribution in [0, 0.1) is 6.92 Å². The molecule has 1 aliphatic heterocycles. The summed E-state index contributed by atoms with van der Waals surface area (Å²) in [4.78, 5) is 30.5. The van der Waals surface area contributed by atoms with Crippen molar-refractivity contribution in [1.82, 2.24) is 15.4 Å². The fraction of sp³-hybridized carbons (Fsp3) is 0.143. The van der Waals surface area contributed by atoms with E-state index in [1.54, 1.807) is 35.9 Å². The number of nitrogens with one attached hydrogen (secondary N) is 2. The molecule has 6 nitrogen and oxygen atoms in total. The molecular formula is C21H18ClN3O3S. The Morgan fingerprint density at radius 3 is 2.76 bits per heavy atom. The van der Waals surface area contributed by atoms with Gasteiger partial charge in [0.1, 0.15) is 6.10 Å². The molecule has 1 aliphatic rings. The van der Waals surface area contributed by atoms with Crippen molar-refractivity contribution in [3.8, 4) is 5.69 Å². The summed E-state index contributed by atoms with van der Waals surface area (Å²) in [6, 6.07) is 14.6. The first-order chi connectivity index (χ1) is 14.0. The number of halogens is 1. The van der Waals surface area contributed by atoms with Gasteiger partial charge in [0, 0.05) is 17.4 Å². The van der Waals surface area contributed by atoms with Crippen molar-refractivity contribution in [2.24, 2.45) is 0 Å². The topological polar surface area (TPSA) is 72.4 Å². The standard InChI is InChI=1S/C21H18ClN3O3S/c1-13-3-2-10-25(21(13)27)15-6-4-14(5-7-15)17-11-16(28-24-17)12-23-20(26)18-8-9-19(22)29-18/h2-11,16,24H,12H2,1H3,(H,23,26). The minimum Gasteiger partial charge on any atom is -0.348 e. The molecule has 1 aromatic carbocycles. The van der Waals surface area contributed by atoms with Crippen LogP contribution in [-0.4, -0.2) is 23.1 Å². The van der Waals surface area contributed by atoms with Crippen LogP contribution < -0.4 is 16.4 Å². The van der Waals surface area contributed by atoms with E-state index in [4.69, 9.17) is 16.4 Å². The molecular weight excluding hydrogens is 410 g/mol. The number of hydroxylamine groups is 1. The summed E-state index contributed by atoms with van der Waals surface area (Å²) in [6.45, 7) is 2.13. The van der Waals surface area contributed by atoms with Crippen molar-refractivity contribution in [2.45, 2.75) is 13.0 Å². The molecule has 0 radical (unpaired) electrons. The molecule has 0 saturated carbocycles. The summed E-state index contributed by atoms with van der Waals surface area (Å²) in [7, 11) is 0. The van der Waals surface area contributed by atoms with Crippen molar-refractivity contribution < 1.29 is 9.63 Å². The van der Waals surface area contributed by atoms with Crippen LogP contribution in [0.1, 0.15) is 20.8 Å². The molecule has 148 valence electrons. The quantitative estimate of drug-likeness (QED) is 0.653. The average molecular weight is 428 g/mol. The number of aromatic nitrogens is 1. The zero-order valence-electron chi connectivity index (χ0n) is 15.5. The summed E-state index contributed by atoms with van der Waals surface area (Å²) < 4.78 is 2.19. The Morgan fingerprint density at radius 2 is 2.03 bits per heavy atom. The molecule has 1 amide bonds. The number of pyridine rings is 1. The van der Waals surface area contributed by atoms with Crippen LogP contribution in [0.15, 0.2) is 65.6 Å². The zero-order valence-corrected chi connectivity index (χ0v) is 17.1. The van der Waals surface area contributed by atoms with Crippen LogP contribution in [0.5, 0.6) is 0 Å². The first-order valence-electron chi connectivity index (χ1n) is 8.97. The molecule has 2 aromatic heterocycles. The van der Waals surface area contributed by atoms with Crippen LogP contribution in [0.3, 0.4) is 0 Å². The Labute approximate surface area is 176 Å². The number of aryl methyl sites for hydroxylation is 1. The Kier molecular flexibility index (Phi) is 5.53. The molecule has 0 aliphatic carbocycles. The Bertz CT molecular complexity index is 1130. The Balaban J connectivity index is 1.42. The highest BCUT2D eigenvalue weighted by molar-refractivity contribution is 7.17. The fourth-order valence-electron chi connectivity index (χ4n) is 2.97. The summed E-state index contributed by atoms with van der Waals surface area (Å²) >= 11 is 7.10. The van der Waals surface area contributed by atoms with E-state index < -0.39 is 0 Å². The van der Waals surface area contributed by atoms with Crippen LogP contribution in [0.25, 0.3) is 11.4 Å². The third kappa shape index (κ3) is 4.27. The van der Waals surface area contributed by atoms with Gasteiger partial charge in [-0.25, -0.2) is 0 Å². The number of hydrogen-bond acceptors (Lipinski definition) is 5. The molecule has 29 heavy (non-hydrogen) atoms. The van der Waals surface area contributed by atoms with E-state index in [-0.39, 0.29) is 17.6 Å². The largest absolute Gasteiger partial charge is 0.348 e. The predicted octanol–water partition coefficient (Wildman–Crippen LogP) is 3.54. The van der Waals surface area contributed by atoms with Gasteiger partial charge in [-0.1, -0.05) is 29.8 Å². The van der Waals surface area contributed by atoms with Gasteiger partial charge in [0.25, 0.3) is 11.5 Å². The molecule has 3 aromatic rings. The second kappa shape index (κ2) is 8.24. The van der Waals surface area contributed by atoms with Crippen LogP contribution in [-0.2, 0) is 4.84 Å². The van der Waals surface area contributed by atoms with Crippen molar-refractivity contribution in [3.63, 3.8) is 0 Å². The molecule has 3 heterocycles. The second-order valence-corrected chi connectivity index (χ2v) is 8.28. The third-order valence-corrected chi connectivity index (χ3v) is 5.76. The van der Waals surface area contributed by atoms with Crippen LogP contribution in [0.2, 0.25) is 4.34 Å². The summed E-state index contributed by atoms with van der Waals surface area (Å²) in [5.41, 5.74) is 6.08. The van der Waals surface area contributed by atoms with E-state index in [1.807, 2.05) is 36.4 Å². The van der Waals surface area contributed by atoms with E-state index in [0.29, 0.717) is 21.3 Å². The van der Waals surface area contributed by atoms with Crippen molar-refractivity contribution >= 4 is 34.5 Å². The van der Waals surface area contributed by atoms with Crippen LogP contribution in [0.4, 0.5) is 0 Å². The maximum atomic E-state index is 12.3. The molecule has 8 heteroatoms. The number of carbonyl (C=O) groups excluding carboxylic acids is 1. The van der Waals surface area contributed by atoms with Gasteiger partial charge in [0.15, 0.2) is 0 Å². The maximum Gasteiger partial charge on any atom is 0.261 e. The van der Waals surface area contributed by atoms with E-state index >= 15 is 0 Å². The predicted molar refractivity (Wildman–Crippen MR) is 114 cm³/mol. The maximum absolute atomic E-state index is 12.3. The first-order valence-corrected chi connectivity index (χ1v) is 10.2. The number of amides is 1. The van der Waals surface area contributed by atoms with E-state index in [0.717, 1.165) is 16.9 Å². The lowest BCUT2D eigenvalue weighted by atomic mass is 10.1. The van der Waals surface area contributed by atoms with E-state index in [1.165, 1.54) is 11.3 Å². The number of thiophene rings is 1. The van der Waals surface area contributed by atoms with Gasteiger partial charge in [-0.2, -0.15) is 0 Å². The monoisotopic (exact) mass is 427 g/mol. The summed E-state index contributed by atoms with van der Waals surface area (Å²) in [5, 5.41) is 2.83. The number of rotatable bonds is 5. The lowest BCUT2D eigenvalue weighted by Gasteiger charge is -2.09. The zero-order chi connectivity index (χ0) is 20.4. The fourth-order valence-corrected chi connectivity index (χ4v) is 3.93. The molecule has 0 fully saturated rings. The van der Waals surface area contributed by atoms with Gasteiger partial charge >= 0.3 is 0 Å². The smallest absolute Gasteiger partial charge is 0.261 e. The van der Waals surface area contributed by atoms with Gasteiger partial charge in [0.05, 0.1) is 21.5 Å². The Morgan fingerprint density at radius 1 is 1.24 bits per heavy atom. The third-order valence-electron chi connectivity index (χ3n) is 4.53. The molecule has 4 rings (SSSR count).